The number of rotatable bonds is 10. The molecule has 3 N–H and O–H groups in total. The van der Waals surface area contributed by atoms with Crippen molar-refractivity contribution in [2.24, 2.45) is 0 Å². The first-order valence-electron chi connectivity index (χ1n) is 10.5. The predicted octanol–water partition coefficient (Wildman–Crippen LogP) is 4.54. The summed E-state index contributed by atoms with van der Waals surface area (Å²) in [5, 5.41) is 13.9. The molecule has 1 heterocycles. The predicted molar refractivity (Wildman–Crippen MR) is 124 cm³/mol. The van der Waals surface area contributed by atoms with E-state index in [1.807, 2.05) is 79.0 Å². The second-order valence-electron chi connectivity index (χ2n) is 7.59. The number of hydrogen-bond donors (Lipinski definition) is 3. The zero-order chi connectivity index (χ0) is 22.3. The van der Waals surface area contributed by atoms with Crippen molar-refractivity contribution in [3.63, 3.8) is 0 Å². The number of para-hydroxylation sites is 1. The van der Waals surface area contributed by atoms with Gasteiger partial charge in [0.05, 0.1) is 7.11 Å². The zero-order valence-corrected chi connectivity index (χ0v) is 17.9. The number of aromatic amines is 1. The van der Waals surface area contributed by atoms with E-state index in [1.54, 1.807) is 7.11 Å². The Hall–Kier alpha value is -3.77. The van der Waals surface area contributed by atoms with Crippen molar-refractivity contribution in [3.8, 4) is 11.5 Å². The van der Waals surface area contributed by atoms with Crippen molar-refractivity contribution in [1.29, 1.82) is 0 Å². The number of carboxylic acids is 1. The standard InChI is InChI=1S/C26H26N2O4/c1-31-25-13-19(11-12-24(25)32-17-18-7-3-2-4-8-18)15-27-23(26(29)30)14-20-16-28-22-10-6-5-9-21(20)22/h2-13,16,23,27-28H,14-15,17H2,1H3,(H,29,30)/t23-/m1/s1. The van der Waals surface area contributed by atoms with E-state index < -0.39 is 12.0 Å². The van der Waals surface area contributed by atoms with Gasteiger partial charge in [-0.25, -0.2) is 0 Å². The van der Waals surface area contributed by atoms with Gasteiger partial charge in [-0.15, -0.1) is 0 Å². The molecule has 0 amide bonds. The monoisotopic (exact) mass is 430 g/mol. The summed E-state index contributed by atoms with van der Waals surface area (Å²) in [5.41, 5.74) is 3.96. The van der Waals surface area contributed by atoms with Crippen LogP contribution in [0.4, 0.5) is 0 Å². The summed E-state index contributed by atoms with van der Waals surface area (Å²) in [4.78, 5) is 15.1. The highest BCUT2D eigenvalue weighted by molar-refractivity contribution is 5.84. The van der Waals surface area contributed by atoms with Gasteiger partial charge in [-0.05, 0) is 34.9 Å². The highest BCUT2D eigenvalue weighted by atomic mass is 16.5. The number of H-pyrrole nitrogens is 1. The number of carbonyl (C=O) groups is 1. The maximum atomic E-state index is 11.9. The topological polar surface area (TPSA) is 83.6 Å². The Kier molecular flexibility index (Phi) is 6.72. The molecule has 164 valence electrons. The van der Waals surface area contributed by atoms with Gasteiger partial charge in [0.25, 0.3) is 0 Å². The lowest BCUT2D eigenvalue weighted by Gasteiger charge is -2.16. The summed E-state index contributed by atoms with van der Waals surface area (Å²) in [6.45, 7) is 0.842. The van der Waals surface area contributed by atoms with Crippen molar-refractivity contribution in [1.82, 2.24) is 10.3 Å². The lowest BCUT2D eigenvalue weighted by Crippen LogP contribution is -2.38. The highest BCUT2D eigenvalue weighted by Crippen LogP contribution is 2.29. The van der Waals surface area contributed by atoms with Crippen LogP contribution in [-0.4, -0.2) is 29.2 Å². The molecule has 0 fully saturated rings. The second kappa shape index (κ2) is 10.0. The van der Waals surface area contributed by atoms with Gasteiger partial charge in [0.2, 0.25) is 0 Å². The summed E-state index contributed by atoms with van der Waals surface area (Å²) >= 11 is 0. The molecule has 4 aromatic rings. The number of benzene rings is 3. The van der Waals surface area contributed by atoms with Crippen molar-refractivity contribution >= 4 is 16.9 Å². The normalized spacial score (nSPS) is 11.9. The van der Waals surface area contributed by atoms with Gasteiger partial charge in [0.1, 0.15) is 12.6 Å². The molecule has 0 spiro atoms. The van der Waals surface area contributed by atoms with Crippen LogP contribution in [0.1, 0.15) is 16.7 Å². The average Bonchev–Trinajstić information content (AvgIpc) is 3.24. The Morgan fingerprint density at radius 3 is 2.56 bits per heavy atom. The van der Waals surface area contributed by atoms with Crippen LogP contribution in [0.5, 0.6) is 11.5 Å². The Morgan fingerprint density at radius 2 is 1.78 bits per heavy atom. The molecule has 0 aliphatic carbocycles. The highest BCUT2D eigenvalue weighted by Gasteiger charge is 2.19. The number of ether oxygens (including phenoxy) is 2. The van der Waals surface area contributed by atoms with E-state index in [9.17, 15) is 9.90 Å². The molecule has 0 aliphatic rings. The number of fused-ring (bicyclic) bond motifs is 1. The van der Waals surface area contributed by atoms with E-state index in [4.69, 9.17) is 9.47 Å². The lowest BCUT2D eigenvalue weighted by atomic mass is 10.0. The third-order valence-corrected chi connectivity index (χ3v) is 5.41. The lowest BCUT2D eigenvalue weighted by molar-refractivity contribution is -0.139. The van der Waals surface area contributed by atoms with Gasteiger partial charge >= 0.3 is 5.97 Å². The molecule has 0 aliphatic heterocycles. The fourth-order valence-corrected chi connectivity index (χ4v) is 3.68. The van der Waals surface area contributed by atoms with Crippen LogP contribution in [0.15, 0.2) is 79.0 Å². The molecule has 0 unspecified atom stereocenters. The third-order valence-electron chi connectivity index (χ3n) is 5.41. The van der Waals surface area contributed by atoms with Crippen LogP contribution in [-0.2, 0) is 24.4 Å². The minimum atomic E-state index is -0.884. The van der Waals surface area contributed by atoms with Gasteiger partial charge < -0.3 is 24.9 Å². The van der Waals surface area contributed by atoms with Gasteiger partial charge in [-0.2, -0.15) is 0 Å². The third kappa shape index (κ3) is 5.10. The van der Waals surface area contributed by atoms with Crippen molar-refractivity contribution in [3.05, 3.63) is 95.7 Å². The minimum absolute atomic E-state index is 0.384. The molecule has 0 radical (unpaired) electrons. The molecular formula is C26H26N2O4. The summed E-state index contributed by atoms with van der Waals surface area (Å²) in [6.07, 6.45) is 2.26. The number of nitrogens with one attached hydrogen (secondary N) is 2. The summed E-state index contributed by atoms with van der Waals surface area (Å²) in [7, 11) is 1.60. The molecule has 4 rings (SSSR count). The second-order valence-corrected chi connectivity index (χ2v) is 7.59. The Morgan fingerprint density at radius 1 is 1.00 bits per heavy atom. The first kappa shape index (κ1) is 21.5. The number of hydrogen-bond acceptors (Lipinski definition) is 4. The Labute approximate surface area is 186 Å². The van der Waals surface area contributed by atoms with Gasteiger partial charge in [-0.3, -0.25) is 4.79 Å². The van der Waals surface area contributed by atoms with Crippen LogP contribution < -0.4 is 14.8 Å². The van der Waals surface area contributed by atoms with Crippen LogP contribution >= 0.6 is 0 Å². The number of carboxylic acid groups (broad SMARTS) is 1. The average molecular weight is 431 g/mol. The molecule has 0 bridgehead atoms. The maximum absolute atomic E-state index is 11.9. The van der Waals surface area contributed by atoms with Gasteiger partial charge in [-0.1, -0.05) is 54.6 Å². The van der Waals surface area contributed by atoms with Crippen molar-refractivity contribution in [2.45, 2.75) is 25.6 Å². The summed E-state index contributed by atoms with van der Waals surface area (Å²) in [6, 6.07) is 22.7. The number of aliphatic carboxylic acids is 1. The minimum Gasteiger partial charge on any atom is -0.493 e. The largest absolute Gasteiger partial charge is 0.493 e. The zero-order valence-electron chi connectivity index (χ0n) is 17.9. The van der Waals surface area contributed by atoms with Crippen LogP contribution in [0.3, 0.4) is 0 Å². The molecule has 1 aromatic heterocycles. The van der Waals surface area contributed by atoms with Gasteiger partial charge in [0.15, 0.2) is 11.5 Å². The molecule has 32 heavy (non-hydrogen) atoms. The molecule has 1 atom stereocenters. The molecule has 3 aromatic carbocycles. The van der Waals surface area contributed by atoms with E-state index >= 15 is 0 Å². The van der Waals surface area contributed by atoms with Crippen LogP contribution in [0, 0.1) is 0 Å². The summed E-state index contributed by atoms with van der Waals surface area (Å²) < 4.78 is 11.4. The van der Waals surface area contributed by atoms with Crippen molar-refractivity contribution < 1.29 is 19.4 Å². The molecular weight excluding hydrogens is 404 g/mol. The van der Waals surface area contributed by atoms with E-state index in [1.165, 1.54) is 0 Å². The first-order valence-corrected chi connectivity index (χ1v) is 10.5. The fraction of sp³-hybridized carbons (Fsp3) is 0.192. The number of methoxy groups -OCH3 is 1. The molecule has 0 saturated carbocycles. The maximum Gasteiger partial charge on any atom is 0.321 e. The molecule has 0 saturated heterocycles. The molecule has 6 heteroatoms. The SMILES string of the molecule is COc1cc(CN[C@H](Cc2c[nH]c3ccccc23)C(=O)O)ccc1OCc1ccccc1. The van der Waals surface area contributed by atoms with E-state index in [0.29, 0.717) is 31.1 Å². The van der Waals surface area contributed by atoms with E-state index in [2.05, 4.69) is 10.3 Å². The first-order chi connectivity index (χ1) is 15.6. The van der Waals surface area contributed by atoms with E-state index in [0.717, 1.165) is 27.6 Å². The molecule has 6 nitrogen and oxygen atoms in total. The smallest absolute Gasteiger partial charge is 0.321 e. The van der Waals surface area contributed by atoms with Crippen LogP contribution in [0.2, 0.25) is 0 Å². The Bertz CT molecular complexity index is 1190. The summed E-state index contributed by atoms with van der Waals surface area (Å²) in [5.74, 6) is 0.377. The quantitative estimate of drug-likeness (QED) is 0.344. The fourth-order valence-electron chi connectivity index (χ4n) is 3.68. The van der Waals surface area contributed by atoms with E-state index in [-0.39, 0.29) is 0 Å². The Balaban J connectivity index is 1.41. The number of aromatic nitrogens is 1. The van der Waals surface area contributed by atoms with Gasteiger partial charge in [0, 0.05) is 30.1 Å². The van der Waals surface area contributed by atoms with Crippen molar-refractivity contribution in [2.75, 3.05) is 7.11 Å². The van der Waals surface area contributed by atoms with Crippen LogP contribution in [0.25, 0.3) is 10.9 Å².